The lowest BCUT2D eigenvalue weighted by Gasteiger charge is -2.57. The van der Waals surface area contributed by atoms with Gasteiger partial charge in [-0.05, 0) is 62.1 Å². The van der Waals surface area contributed by atoms with E-state index in [0.29, 0.717) is 17.7 Å². The molecule has 2 aliphatic carbocycles. The molecule has 0 saturated heterocycles. The lowest BCUT2D eigenvalue weighted by atomic mass is 9.52. The summed E-state index contributed by atoms with van der Waals surface area (Å²) in [5, 5.41) is 9.52. The van der Waals surface area contributed by atoms with Crippen LogP contribution in [0.5, 0.6) is 0 Å². The van der Waals surface area contributed by atoms with Crippen molar-refractivity contribution in [1.29, 1.82) is 5.26 Å². The predicted octanol–water partition coefficient (Wildman–Crippen LogP) is 3.30. The Balaban J connectivity index is 2.03. The van der Waals surface area contributed by atoms with E-state index in [-0.39, 0.29) is 5.41 Å². The van der Waals surface area contributed by atoms with Gasteiger partial charge < -0.3 is 0 Å². The third-order valence-corrected chi connectivity index (χ3v) is 7.51. The SMILES string of the molecule is Cc1ccc(C)c(S(=O)(=O)C2(C#N)CC3(CCC3)C2)c1. The van der Waals surface area contributed by atoms with E-state index in [1.165, 1.54) is 6.42 Å². The van der Waals surface area contributed by atoms with Crippen molar-refractivity contribution in [1.82, 2.24) is 0 Å². The van der Waals surface area contributed by atoms with Crippen LogP contribution >= 0.6 is 0 Å². The van der Waals surface area contributed by atoms with Crippen LogP contribution in [0.4, 0.5) is 0 Å². The first-order valence-electron chi connectivity index (χ1n) is 7.07. The van der Waals surface area contributed by atoms with E-state index >= 15 is 0 Å². The highest BCUT2D eigenvalue weighted by Crippen LogP contribution is 2.63. The first-order valence-corrected chi connectivity index (χ1v) is 8.56. The van der Waals surface area contributed by atoms with E-state index in [0.717, 1.165) is 24.0 Å². The summed E-state index contributed by atoms with van der Waals surface area (Å²) in [7, 11) is -3.58. The molecule has 106 valence electrons. The fourth-order valence-corrected chi connectivity index (χ4v) is 6.09. The van der Waals surface area contributed by atoms with Crippen LogP contribution in [-0.4, -0.2) is 13.2 Å². The molecule has 2 aliphatic rings. The van der Waals surface area contributed by atoms with Crippen LogP contribution in [0.2, 0.25) is 0 Å². The van der Waals surface area contributed by atoms with E-state index in [9.17, 15) is 13.7 Å². The molecule has 1 aromatic carbocycles. The molecule has 3 nitrogen and oxygen atoms in total. The van der Waals surface area contributed by atoms with Gasteiger partial charge >= 0.3 is 0 Å². The summed E-state index contributed by atoms with van der Waals surface area (Å²) in [4.78, 5) is 0.341. The maximum atomic E-state index is 12.9. The average molecular weight is 289 g/mol. The standard InChI is InChI=1S/C16H19NO2S/c1-12-4-5-13(2)14(8-12)20(18,19)16(11-17)9-15(10-16)6-3-7-15/h4-5,8H,3,6-7,9-10H2,1-2H3. The minimum atomic E-state index is -3.58. The Morgan fingerprint density at radius 1 is 1.20 bits per heavy atom. The molecule has 3 rings (SSSR count). The molecule has 0 aliphatic heterocycles. The van der Waals surface area contributed by atoms with Gasteiger partial charge in [0.15, 0.2) is 14.6 Å². The molecule has 0 bridgehead atoms. The number of nitrogens with zero attached hydrogens (tertiary/aromatic N) is 1. The summed E-state index contributed by atoms with van der Waals surface area (Å²) in [5.74, 6) is 0. The summed E-state index contributed by atoms with van der Waals surface area (Å²) in [6.07, 6.45) is 4.38. The molecular weight excluding hydrogens is 270 g/mol. The van der Waals surface area contributed by atoms with Gasteiger partial charge in [-0.1, -0.05) is 18.6 Å². The highest BCUT2D eigenvalue weighted by molar-refractivity contribution is 7.93. The topological polar surface area (TPSA) is 57.9 Å². The molecule has 0 atom stereocenters. The summed E-state index contributed by atoms with van der Waals surface area (Å²) >= 11 is 0. The fraction of sp³-hybridized carbons (Fsp3) is 0.562. The largest absolute Gasteiger partial charge is 0.222 e. The van der Waals surface area contributed by atoms with Crippen molar-refractivity contribution in [3.05, 3.63) is 29.3 Å². The lowest BCUT2D eigenvalue weighted by molar-refractivity contribution is 0.0114. The van der Waals surface area contributed by atoms with Crippen LogP contribution in [-0.2, 0) is 9.84 Å². The highest BCUT2D eigenvalue weighted by Gasteiger charge is 2.64. The van der Waals surface area contributed by atoms with E-state index in [1.807, 2.05) is 19.1 Å². The molecule has 0 aromatic heterocycles. The number of rotatable bonds is 2. The molecule has 0 unspecified atom stereocenters. The zero-order chi connectivity index (χ0) is 14.6. The molecular formula is C16H19NO2S. The molecule has 2 fully saturated rings. The van der Waals surface area contributed by atoms with Gasteiger partial charge in [-0.3, -0.25) is 0 Å². The van der Waals surface area contributed by atoms with Crippen LogP contribution in [0.3, 0.4) is 0 Å². The second-order valence-corrected chi connectivity index (χ2v) is 8.81. The second-order valence-electron chi connectivity index (χ2n) is 6.59. The third-order valence-electron chi connectivity index (χ3n) is 5.09. The molecule has 1 spiro atoms. The van der Waals surface area contributed by atoms with Gasteiger partial charge in [-0.15, -0.1) is 0 Å². The number of sulfone groups is 1. The van der Waals surface area contributed by atoms with Crippen molar-refractivity contribution in [2.45, 2.75) is 55.6 Å². The summed E-state index contributed by atoms with van der Waals surface area (Å²) in [6.45, 7) is 3.68. The van der Waals surface area contributed by atoms with Crippen LogP contribution in [0.1, 0.15) is 43.2 Å². The summed E-state index contributed by atoms with van der Waals surface area (Å²) < 4.78 is 24.7. The van der Waals surface area contributed by atoms with Gasteiger partial charge in [0.05, 0.1) is 11.0 Å². The zero-order valence-electron chi connectivity index (χ0n) is 11.9. The van der Waals surface area contributed by atoms with Crippen molar-refractivity contribution in [3.8, 4) is 6.07 Å². The van der Waals surface area contributed by atoms with Crippen molar-refractivity contribution in [3.63, 3.8) is 0 Å². The first kappa shape index (κ1) is 13.6. The Hall–Kier alpha value is -1.34. The Morgan fingerprint density at radius 3 is 2.35 bits per heavy atom. The number of hydrogen-bond acceptors (Lipinski definition) is 3. The van der Waals surface area contributed by atoms with Gasteiger partial charge in [-0.2, -0.15) is 5.26 Å². The van der Waals surface area contributed by atoms with E-state index in [4.69, 9.17) is 0 Å². The van der Waals surface area contributed by atoms with Crippen LogP contribution in [0, 0.1) is 30.6 Å². The molecule has 2 saturated carbocycles. The molecule has 1 aromatic rings. The van der Waals surface area contributed by atoms with Crippen molar-refractivity contribution in [2.75, 3.05) is 0 Å². The maximum absolute atomic E-state index is 12.9. The molecule has 0 heterocycles. The fourth-order valence-electron chi connectivity index (χ4n) is 3.73. The molecule has 20 heavy (non-hydrogen) atoms. The van der Waals surface area contributed by atoms with Gasteiger partial charge in [0, 0.05) is 0 Å². The maximum Gasteiger partial charge on any atom is 0.197 e. The second kappa shape index (κ2) is 4.08. The van der Waals surface area contributed by atoms with Gasteiger partial charge in [0.1, 0.15) is 0 Å². The molecule has 0 amide bonds. The molecule has 0 N–H and O–H groups in total. The quantitative estimate of drug-likeness (QED) is 0.839. The van der Waals surface area contributed by atoms with Gasteiger partial charge in [-0.25, -0.2) is 8.42 Å². The highest BCUT2D eigenvalue weighted by atomic mass is 32.2. The van der Waals surface area contributed by atoms with E-state index < -0.39 is 14.6 Å². The van der Waals surface area contributed by atoms with Crippen LogP contribution < -0.4 is 0 Å². The predicted molar refractivity (Wildman–Crippen MR) is 77.0 cm³/mol. The van der Waals surface area contributed by atoms with E-state index in [1.54, 1.807) is 13.0 Å². The number of aryl methyl sites for hydroxylation is 2. The normalized spacial score (nSPS) is 22.6. The number of benzene rings is 1. The third kappa shape index (κ3) is 1.66. The Kier molecular flexibility index (Phi) is 2.78. The van der Waals surface area contributed by atoms with E-state index in [2.05, 4.69) is 6.07 Å². The summed E-state index contributed by atoms with van der Waals surface area (Å²) in [5.41, 5.74) is 1.81. The van der Waals surface area contributed by atoms with Gasteiger partial charge in [0.25, 0.3) is 0 Å². The molecule has 4 heteroatoms. The Labute approximate surface area is 120 Å². The lowest BCUT2D eigenvalue weighted by Crippen LogP contribution is -2.58. The van der Waals surface area contributed by atoms with Crippen LogP contribution in [0.25, 0.3) is 0 Å². The number of nitriles is 1. The van der Waals surface area contributed by atoms with Crippen LogP contribution in [0.15, 0.2) is 23.1 Å². The minimum absolute atomic E-state index is 0.153. The van der Waals surface area contributed by atoms with Crippen molar-refractivity contribution in [2.24, 2.45) is 5.41 Å². The average Bonchev–Trinajstić information content (AvgIpc) is 2.29. The smallest absolute Gasteiger partial charge is 0.197 e. The molecule has 0 radical (unpaired) electrons. The summed E-state index contributed by atoms with van der Waals surface area (Å²) in [6, 6.07) is 7.57. The first-order chi connectivity index (χ1) is 9.34. The van der Waals surface area contributed by atoms with Crippen molar-refractivity contribution < 1.29 is 8.42 Å². The Morgan fingerprint density at radius 2 is 1.85 bits per heavy atom. The number of hydrogen-bond donors (Lipinski definition) is 0. The van der Waals surface area contributed by atoms with Crippen molar-refractivity contribution >= 4 is 9.84 Å². The Bertz CT molecular complexity index is 700. The van der Waals surface area contributed by atoms with Gasteiger partial charge in [0.2, 0.25) is 0 Å². The minimum Gasteiger partial charge on any atom is -0.222 e. The zero-order valence-corrected chi connectivity index (χ0v) is 12.8. The monoisotopic (exact) mass is 289 g/mol.